The van der Waals surface area contributed by atoms with Crippen molar-refractivity contribution in [3.8, 4) is 5.75 Å². The Labute approximate surface area is 172 Å². The van der Waals surface area contributed by atoms with Crippen LogP contribution in [0.2, 0.25) is 0 Å². The molecule has 2 heterocycles. The Morgan fingerprint density at radius 2 is 1.86 bits per heavy atom. The lowest BCUT2D eigenvalue weighted by Gasteiger charge is -2.42. The highest BCUT2D eigenvalue weighted by molar-refractivity contribution is 5.74. The zero-order valence-electron chi connectivity index (χ0n) is 17.2. The molecular weight excluding hydrogens is 360 g/mol. The summed E-state index contributed by atoms with van der Waals surface area (Å²) >= 11 is 0. The summed E-state index contributed by atoms with van der Waals surface area (Å²) in [6, 6.07) is 17.5. The van der Waals surface area contributed by atoms with Crippen molar-refractivity contribution < 1.29 is 4.74 Å². The second kappa shape index (κ2) is 8.07. The molecule has 2 unspecified atom stereocenters. The predicted molar refractivity (Wildman–Crippen MR) is 118 cm³/mol. The van der Waals surface area contributed by atoms with E-state index in [1.807, 2.05) is 6.07 Å². The number of H-pyrrole nitrogens is 1. The average molecular weight is 391 g/mol. The lowest BCUT2D eigenvalue weighted by atomic mass is 9.84. The van der Waals surface area contributed by atoms with Gasteiger partial charge in [0.1, 0.15) is 11.6 Å². The van der Waals surface area contributed by atoms with E-state index in [9.17, 15) is 0 Å². The van der Waals surface area contributed by atoms with Gasteiger partial charge in [0.05, 0.1) is 18.1 Å². The third-order valence-electron chi connectivity index (χ3n) is 6.69. The van der Waals surface area contributed by atoms with E-state index in [-0.39, 0.29) is 0 Å². The fourth-order valence-electron chi connectivity index (χ4n) is 5.06. The van der Waals surface area contributed by atoms with Crippen molar-refractivity contribution in [1.29, 1.82) is 0 Å². The molecule has 5 rings (SSSR count). The van der Waals surface area contributed by atoms with E-state index >= 15 is 0 Å². The van der Waals surface area contributed by atoms with Gasteiger partial charge in [0.25, 0.3) is 0 Å². The largest absolute Gasteiger partial charge is 0.497 e. The summed E-state index contributed by atoms with van der Waals surface area (Å²) in [5, 5.41) is 0. The summed E-state index contributed by atoms with van der Waals surface area (Å²) in [7, 11) is 1.73. The van der Waals surface area contributed by atoms with Gasteiger partial charge in [0, 0.05) is 49.9 Å². The maximum atomic E-state index is 5.39. The number of aromatic nitrogens is 2. The van der Waals surface area contributed by atoms with Crippen LogP contribution < -0.4 is 9.64 Å². The maximum Gasteiger partial charge on any atom is 0.120 e. The van der Waals surface area contributed by atoms with Crippen molar-refractivity contribution in [2.24, 2.45) is 0 Å². The van der Waals surface area contributed by atoms with E-state index in [1.54, 1.807) is 7.11 Å². The van der Waals surface area contributed by atoms with Gasteiger partial charge in [-0.1, -0.05) is 24.6 Å². The molecule has 2 fully saturated rings. The quantitative estimate of drug-likeness (QED) is 0.716. The van der Waals surface area contributed by atoms with Crippen LogP contribution in [0.4, 0.5) is 5.69 Å². The molecule has 0 spiro atoms. The average Bonchev–Trinajstić information content (AvgIpc) is 3.24. The SMILES string of the molecule is COc1cccc(N2CCN(C3CCCC(c4nc5ccccc5[nH]4)C3)CC2)c1. The van der Waals surface area contributed by atoms with E-state index in [1.165, 1.54) is 37.2 Å². The zero-order chi connectivity index (χ0) is 19.6. The van der Waals surface area contributed by atoms with Crippen LogP contribution in [0.3, 0.4) is 0 Å². The van der Waals surface area contributed by atoms with Gasteiger partial charge in [0.2, 0.25) is 0 Å². The van der Waals surface area contributed by atoms with Gasteiger partial charge < -0.3 is 14.6 Å². The van der Waals surface area contributed by atoms with Crippen molar-refractivity contribution in [3.05, 3.63) is 54.4 Å². The summed E-state index contributed by atoms with van der Waals surface area (Å²) in [5.41, 5.74) is 3.53. The molecular formula is C24H30N4O. The molecule has 2 aliphatic rings. The Morgan fingerprint density at radius 3 is 2.69 bits per heavy atom. The number of nitrogens with zero attached hydrogens (tertiary/aromatic N) is 3. The minimum absolute atomic E-state index is 0.553. The number of nitrogens with one attached hydrogen (secondary N) is 1. The molecule has 152 valence electrons. The highest BCUT2D eigenvalue weighted by Crippen LogP contribution is 2.35. The Kier molecular flexibility index (Phi) is 5.15. The van der Waals surface area contributed by atoms with Crippen molar-refractivity contribution in [2.75, 3.05) is 38.2 Å². The fourth-order valence-corrected chi connectivity index (χ4v) is 5.06. The molecule has 5 nitrogen and oxygen atoms in total. The highest BCUT2D eigenvalue weighted by Gasteiger charge is 2.31. The van der Waals surface area contributed by atoms with E-state index in [0.717, 1.165) is 43.0 Å². The van der Waals surface area contributed by atoms with Crippen LogP contribution in [0.5, 0.6) is 5.75 Å². The van der Waals surface area contributed by atoms with Crippen LogP contribution in [0.25, 0.3) is 11.0 Å². The van der Waals surface area contributed by atoms with Gasteiger partial charge in [-0.3, -0.25) is 4.90 Å². The predicted octanol–water partition coefficient (Wildman–Crippen LogP) is 4.42. The number of aromatic amines is 1. The Morgan fingerprint density at radius 1 is 1.00 bits per heavy atom. The van der Waals surface area contributed by atoms with Crippen LogP contribution in [0, 0.1) is 0 Å². The molecule has 0 radical (unpaired) electrons. The van der Waals surface area contributed by atoms with E-state index in [4.69, 9.17) is 9.72 Å². The number of ether oxygens (including phenoxy) is 1. The molecule has 0 bridgehead atoms. The number of para-hydroxylation sites is 2. The van der Waals surface area contributed by atoms with E-state index in [0.29, 0.717) is 12.0 Å². The van der Waals surface area contributed by atoms with Gasteiger partial charge in [-0.05, 0) is 43.5 Å². The molecule has 29 heavy (non-hydrogen) atoms. The molecule has 1 aromatic heterocycles. The van der Waals surface area contributed by atoms with Crippen LogP contribution in [0.15, 0.2) is 48.5 Å². The summed E-state index contributed by atoms with van der Waals surface area (Å²) in [4.78, 5) is 13.7. The van der Waals surface area contributed by atoms with E-state index < -0.39 is 0 Å². The molecule has 2 aromatic carbocycles. The topological polar surface area (TPSA) is 44.4 Å². The van der Waals surface area contributed by atoms with Crippen LogP contribution >= 0.6 is 0 Å². The number of piperazine rings is 1. The molecule has 1 N–H and O–H groups in total. The number of anilines is 1. The lowest BCUT2D eigenvalue weighted by Crippen LogP contribution is -2.51. The molecule has 0 amide bonds. The number of benzene rings is 2. The van der Waals surface area contributed by atoms with Gasteiger partial charge in [-0.15, -0.1) is 0 Å². The second-order valence-corrected chi connectivity index (χ2v) is 8.38. The molecule has 2 atom stereocenters. The first-order valence-electron chi connectivity index (χ1n) is 10.9. The standard InChI is InChI=1S/C24H30N4O/c1-29-21-9-5-8-20(17-21)28-14-12-27(13-15-28)19-7-4-6-18(16-19)24-25-22-10-2-3-11-23(22)26-24/h2-3,5,8-11,17-19H,4,6-7,12-16H2,1H3,(H,25,26). The van der Waals surface area contributed by atoms with Gasteiger partial charge in [0.15, 0.2) is 0 Å². The van der Waals surface area contributed by atoms with Crippen molar-refractivity contribution in [3.63, 3.8) is 0 Å². The number of rotatable bonds is 4. The van der Waals surface area contributed by atoms with Crippen molar-refractivity contribution >= 4 is 16.7 Å². The molecule has 5 heteroatoms. The second-order valence-electron chi connectivity index (χ2n) is 8.38. The Hall–Kier alpha value is -2.53. The molecule has 1 saturated heterocycles. The molecule has 1 aliphatic heterocycles. The van der Waals surface area contributed by atoms with Gasteiger partial charge in [-0.2, -0.15) is 0 Å². The first-order chi connectivity index (χ1) is 14.3. The smallest absolute Gasteiger partial charge is 0.120 e. The third-order valence-corrected chi connectivity index (χ3v) is 6.69. The first kappa shape index (κ1) is 18.5. The Bertz CT molecular complexity index is 927. The number of fused-ring (bicyclic) bond motifs is 1. The van der Waals surface area contributed by atoms with Crippen molar-refractivity contribution in [2.45, 2.75) is 37.6 Å². The summed E-state index contributed by atoms with van der Waals surface area (Å²) in [6.45, 7) is 4.43. The zero-order valence-corrected chi connectivity index (χ0v) is 17.2. The van der Waals surface area contributed by atoms with Crippen LogP contribution in [-0.2, 0) is 0 Å². The monoisotopic (exact) mass is 390 g/mol. The molecule has 1 saturated carbocycles. The van der Waals surface area contributed by atoms with Gasteiger partial charge >= 0.3 is 0 Å². The number of hydrogen-bond acceptors (Lipinski definition) is 4. The third kappa shape index (κ3) is 3.84. The van der Waals surface area contributed by atoms with Crippen LogP contribution in [-0.4, -0.2) is 54.2 Å². The van der Waals surface area contributed by atoms with E-state index in [2.05, 4.69) is 57.2 Å². The van der Waals surface area contributed by atoms with Crippen molar-refractivity contribution in [1.82, 2.24) is 14.9 Å². The maximum absolute atomic E-state index is 5.39. The summed E-state index contributed by atoms with van der Waals surface area (Å²) in [6.07, 6.45) is 5.08. The van der Waals surface area contributed by atoms with Crippen LogP contribution in [0.1, 0.15) is 37.4 Å². The summed E-state index contributed by atoms with van der Waals surface area (Å²) < 4.78 is 5.39. The first-order valence-corrected chi connectivity index (χ1v) is 10.9. The Balaban J connectivity index is 1.22. The molecule has 3 aromatic rings. The highest BCUT2D eigenvalue weighted by atomic mass is 16.5. The number of imidazole rings is 1. The summed E-state index contributed by atoms with van der Waals surface area (Å²) in [5.74, 6) is 2.68. The minimum atomic E-state index is 0.553. The fraction of sp³-hybridized carbons (Fsp3) is 0.458. The number of hydrogen-bond donors (Lipinski definition) is 1. The van der Waals surface area contributed by atoms with Gasteiger partial charge in [-0.25, -0.2) is 4.98 Å². The molecule has 1 aliphatic carbocycles. The normalized spacial score (nSPS) is 23.4. The minimum Gasteiger partial charge on any atom is -0.497 e. The number of methoxy groups -OCH3 is 1. The lowest BCUT2D eigenvalue weighted by molar-refractivity contribution is 0.137.